The third-order valence-electron chi connectivity index (χ3n) is 3.76. The number of aryl methyl sites for hydroxylation is 2. The summed E-state index contributed by atoms with van der Waals surface area (Å²) < 4.78 is 1.60. The van der Waals surface area contributed by atoms with Crippen molar-refractivity contribution in [1.82, 2.24) is 25.5 Å². The van der Waals surface area contributed by atoms with Crippen molar-refractivity contribution in [2.45, 2.75) is 20.4 Å². The van der Waals surface area contributed by atoms with Gasteiger partial charge in [-0.05, 0) is 65.7 Å². The normalized spacial score (nSPS) is 10.5. The number of hydrogen-bond acceptors (Lipinski definition) is 4. The van der Waals surface area contributed by atoms with Crippen molar-refractivity contribution < 1.29 is 4.79 Å². The van der Waals surface area contributed by atoms with E-state index < -0.39 is 0 Å². The van der Waals surface area contributed by atoms with Crippen LogP contribution in [0.5, 0.6) is 0 Å². The number of tetrazole rings is 1. The van der Waals surface area contributed by atoms with Gasteiger partial charge in [-0.1, -0.05) is 23.7 Å². The number of nitrogens with zero attached hydrogens (tertiary/aromatic N) is 4. The molecule has 0 saturated carbocycles. The van der Waals surface area contributed by atoms with Crippen molar-refractivity contribution in [3.63, 3.8) is 0 Å². The van der Waals surface area contributed by atoms with Gasteiger partial charge in [0.25, 0.3) is 0 Å². The molecular weight excluding hydrogens is 340 g/mol. The minimum Gasteiger partial charge on any atom is -0.330 e. The van der Waals surface area contributed by atoms with E-state index in [0.29, 0.717) is 16.5 Å². The van der Waals surface area contributed by atoms with Crippen molar-refractivity contribution in [2.24, 2.45) is 0 Å². The van der Waals surface area contributed by atoms with Crippen molar-refractivity contribution in [3.05, 3.63) is 64.4 Å². The number of halogens is 1. The lowest BCUT2D eigenvalue weighted by atomic mass is 10.1. The molecule has 2 aromatic carbocycles. The van der Waals surface area contributed by atoms with Gasteiger partial charge in [-0.3, -0.25) is 0 Å². The van der Waals surface area contributed by atoms with E-state index in [1.165, 1.54) is 5.56 Å². The zero-order valence-corrected chi connectivity index (χ0v) is 14.6. The van der Waals surface area contributed by atoms with Gasteiger partial charge in [-0.25, -0.2) is 4.79 Å². The summed E-state index contributed by atoms with van der Waals surface area (Å²) in [4.78, 5) is 12.0. The maximum Gasteiger partial charge on any atom is 0.319 e. The van der Waals surface area contributed by atoms with Gasteiger partial charge in [0, 0.05) is 10.7 Å². The fourth-order valence-electron chi connectivity index (χ4n) is 2.27. The van der Waals surface area contributed by atoms with Gasteiger partial charge < -0.3 is 10.6 Å². The number of aromatic nitrogens is 4. The lowest BCUT2D eigenvalue weighted by Crippen LogP contribution is -2.29. The molecule has 0 aliphatic heterocycles. The highest BCUT2D eigenvalue weighted by atomic mass is 35.5. The first-order valence-electron chi connectivity index (χ1n) is 7.68. The maximum atomic E-state index is 12.0. The number of carbonyl (C=O) groups excluding carboxylic acids is 1. The second kappa shape index (κ2) is 7.31. The molecule has 3 aromatic rings. The predicted octanol–water partition coefficient (Wildman–Crippen LogP) is 3.25. The third kappa shape index (κ3) is 4.13. The van der Waals surface area contributed by atoms with Crippen LogP contribution >= 0.6 is 11.6 Å². The quantitative estimate of drug-likeness (QED) is 0.751. The Hall–Kier alpha value is -2.93. The predicted molar refractivity (Wildman–Crippen MR) is 95.9 cm³/mol. The Bertz CT molecular complexity index is 908. The second-order valence-electron chi connectivity index (χ2n) is 5.59. The lowest BCUT2D eigenvalue weighted by Gasteiger charge is -2.09. The summed E-state index contributed by atoms with van der Waals surface area (Å²) in [5.41, 5.74) is 3.79. The highest BCUT2D eigenvalue weighted by Gasteiger charge is 2.10. The summed E-state index contributed by atoms with van der Waals surface area (Å²) in [5, 5.41) is 17.7. The molecule has 0 atom stereocenters. The molecule has 0 radical (unpaired) electrons. The van der Waals surface area contributed by atoms with Gasteiger partial charge in [-0.2, -0.15) is 4.68 Å². The van der Waals surface area contributed by atoms with Crippen molar-refractivity contribution in [3.8, 4) is 5.69 Å². The highest BCUT2D eigenvalue weighted by molar-refractivity contribution is 6.30. The van der Waals surface area contributed by atoms with Gasteiger partial charge in [0.15, 0.2) is 5.82 Å². The molecule has 0 saturated heterocycles. The van der Waals surface area contributed by atoms with Crippen LogP contribution < -0.4 is 10.6 Å². The molecule has 0 bridgehead atoms. The van der Waals surface area contributed by atoms with Gasteiger partial charge in [0.2, 0.25) is 0 Å². The minimum atomic E-state index is -0.364. The molecule has 2 amide bonds. The van der Waals surface area contributed by atoms with E-state index in [4.69, 9.17) is 11.6 Å². The zero-order chi connectivity index (χ0) is 17.8. The van der Waals surface area contributed by atoms with Gasteiger partial charge >= 0.3 is 6.03 Å². The molecule has 1 heterocycles. The monoisotopic (exact) mass is 356 g/mol. The SMILES string of the molecule is Cc1ccc(-n2nnnc2CNC(=O)Nc2cccc(Cl)c2)cc1C. The summed E-state index contributed by atoms with van der Waals surface area (Å²) >= 11 is 5.90. The van der Waals surface area contributed by atoms with Crippen LogP contribution in [0.2, 0.25) is 5.02 Å². The van der Waals surface area contributed by atoms with E-state index in [-0.39, 0.29) is 12.6 Å². The first-order chi connectivity index (χ1) is 12.0. The molecule has 8 heteroatoms. The number of carbonyl (C=O) groups is 1. The van der Waals surface area contributed by atoms with Crippen LogP contribution in [0.15, 0.2) is 42.5 Å². The number of anilines is 1. The van der Waals surface area contributed by atoms with E-state index in [1.54, 1.807) is 28.9 Å². The largest absolute Gasteiger partial charge is 0.330 e. The Labute approximate surface area is 150 Å². The lowest BCUT2D eigenvalue weighted by molar-refractivity contribution is 0.251. The van der Waals surface area contributed by atoms with Crippen LogP contribution in [-0.2, 0) is 6.54 Å². The minimum absolute atomic E-state index is 0.187. The van der Waals surface area contributed by atoms with Crippen molar-refractivity contribution >= 4 is 23.3 Å². The smallest absolute Gasteiger partial charge is 0.319 e. The van der Waals surface area contributed by atoms with E-state index in [9.17, 15) is 4.79 Å². The number of hydrogen-bond donors (Lipinski definition) is 2. The summed E-state index contributed by atoms with van der Waals surface area (Å²) in [6, 6.07) is 12.5. The van der Waals surface area contributed by atoms with Crippen LogP contribution in [0, 0.1) is 13.8 Å². The first kappa shape index (κ1) is 16.9. The summed E-state index contributed by atoms with van der Waals surface area (Å²) in [5.74, 6) is 0.532. The summed E-state index contributed by atoms with van der Waals surface area (Å²) in [7, 11) is 0. The molecule has 3 rings (SSSR count). The molecule has 0 unspecified atom stereocenters. The molecule has 2 N–H and O–H groups in total. The Kier molecular flexibility index (Phi) is 4.95. The highest BCUT2D eigenvalue weighted by Crippen LogP contribution is 2.15. The number of benzene rings is 2. The molecule has 25 heavy (non-hydrogen) atoms. The number of rotatable bonds is 4. The van der Waals surface area contributed by atoms with Crippen LogP contribution in [0.4, 0.5) is 10.5 Å². The summed E-state index contributed by atoms with van der Waals surface area (Å²) in [6.07, 6.45) is 0. The van der Waals surface area contributed by atoms with Crippen LogP contribution in [0.1, 0.15) is 17.0 Å². The van der Waals surface area contributed by atoms with Crippen molar-refractivity contribution in [1.29, 1.82) is 0 Å². The average molecular weight is 357 g/mol. The molecule has 7 nitrogen and oxygen atoms in total. The molecule has 1 aromatic heterocycles. The Morgan fingerprint density at radius 1 is 1.16 bits per heavy atom. The van der Waals surface area contributed by atoms with E-state index >= 15 is 0 Å². The van der Waals surface area contributed by atoms with Gasteiger partial charge in [0.05, 0.1) is 12.2 Å². The van der Waals surface area contributed by atoms with Gasteiger partial charge in [-0.15, -0.1) is 5.10 Å². The third-order valence-corrected chi connectivity index (χ3v) is 3.99. The molecule has 128 valence electrons. The number of urea groups is 1. The average Bonchev–Trinajstić information content (AvgIpc) is 3.04. The molecule has 0 aliphatic carbocycles. The number of nitrogens with one attached hydrogen (secondary N) is 2. The van der Waals surface area contributed by atoms with Gasteiger partial charge in [0.1, 0.15) is 0 Å². The van der Waals surface area contributed by atoms with E-state index in [2.05, 4.69) is 26.2 Å². The molecule has 0 fully saturated rings. The van der Waals surface area contributed by atoms with Crippen molar-refractivity contribution in [2.75, 3.05) is 5.32 Å². The van der Waals surface area contributed by atoms with Crippen LogP contribution in [0.25, 0.3) is 5.69 Å². The van der Waals surface area contributed by atoms with E-state index in [1.807, 2.05) is 32.0 Å². The first-order valence-corrected chi connectivity index (χ1v) is 8.06. The van der Waals surface area contributed by atoms with Crippen LogP contribution in [-0.4, -0.2) is 26.2 Å². The topological polar surface area (TPSA) is 84.7 Å². The van der Waals surface area contributed by atoms with Crippen LogP contribution in [0.3, 0.4) is 0 Å². The van der Waals surface area contributed by atoms with E-state index in [0.717, 1.165) is 11.3 Å². The second-order valence-corrected chi connectivity index (χ2v) is 6.03. The Morgan fingerprint density at radius 2 is 2.00 bits per heavy atom. The fourth-order valence-corrected chi connectivity index (χ4v) is 2.46. The molecule has 0 spiro atoms. The molecular formula is C17H17ClN6O. The Morgan fingerprint density at radius 3 is 2.76 bits per heavy atom. The maximum absolute atomic E-state index is 12.0. The number of amides is 2. The fraction of sp³-hybridized carbons (Fsp3) is 0.176. The molecule has 0 aliphatic rings. The Balaban J connectivity index is 1.67. The standard InChI is InChI=1S/C17H17ClN6O/c1-11-6-7-15(8-12(11)2)24-16(21-22-23-24)10-19-17(25)20-14-5-3-4-13(18)9-14/h3-9H,10H2,1-2H3,(H2,19,20,25). The zero-order valence-electron chi connectivity index (χ0n) is 13.8. The summed E-state index contributed by atoms with van der Waals surface area (Å²) in [6.45, 7) is 4.26.